The molecule has 4 nitrogen and oxygen atoms in total. The molecule has 1 unspecified atom stereocenters. The van der Waals surface area contributed by atoms with Crippen LogP contribution in [0.5, 0.6) is 0 Å². The molecule has 0 aliphatic heterocycles. The molecule has 0 amide bonds. The fraction of sp³-hybridized carbons (Fsp3) is 1.00. The predicted octanol–water partition coefficient (Wildman–Crippen LogP) is 5.99. The van der Waals surface area contributed by atoms with Crippen molar-refractivity contribution >= 4 is 0 Å². The first-order valence-electron chi connectivity index (χ1n) is 11.3. The number of ether oxygens (including phenoxy) is 3. The third kappa shape index (κ3) is 9.68. The second kappa shape index (κ2) is 17.0. The Morgan fingerprint density at radius 1 is 0.615 bits per heavy atom. The van der Waals surface area contributed by atoms with E-state index in [1.807, 2.05) is 20.8 Å². The molecule has 0 rings (SSSR count). The summed E-state index contributed by atoms with van der Waals surface area (Å²) in [6.07, 6.45) is 11.1. The quantitative estimate of drug-likeness (QED) is 0.205. The van der Waals surface area contributed by atoms with Gasteiger partial charge in [-0.15, -0.1) is 0 Å². The molecule has 1 atom stereocenters. The Morgan fingerprint density at radius 2 is 1.08 bits per heavy atom. The van der Waals surface area contributed by atoms with Gasteiger partial charge in [0.25, 0.3) is 5.97 Å². The number of hydrogen-bond donors (Lipinski definition) is 0. The molecule has 0 aliphatic carbocycles. The van der Waals surface area contributed by atoms with Crippen molar-refractivity contribution in [2.75, 3.05) is 32.9 Å². The molecule has 0 aliphatic rings. The zero-order valence-electron chi connectivity index (χ0n) is 18.6. The van der Waals surface area contributed by atoms with E-state index in [2.05, 4.69) is 25.7 Å². The van der Waals surface area contributed by atoms with Gasteiger partial charge < -0.3 is 14.2 Å². The van der Waals surface area contributed by atoms with E-state index in [9.17, 15) is 0 Å². The Hall–Kier alpha value is -0.160. The molecule has 0 saturated carbocycles. The van der Waals surface area contributed by atoms with Crippen molar-refractivity contribution in [3.05, 3.63) is 0 Å². The molecule has 0 aromatic heterocycles. The predicted molar refractivity (Wildman–Crippen MR) is 112 cm³/mol. The van der Waals surface area contributed by atoms with Crippen molar-refractivity contribution in [1.29, 1.82) is 0 Å². The zero-order chi connectivity index (χ0) is 19.7. The summed E-state index contributed by atoms with van der Waals surface area (Å²) in [5, 5.41) is 0. The molecule has 26 heavy (non-hydrogen) atoms. The third-order valence-electron chi connectivity index (χ3n) is 4.74. The highest BCUT2D eigenvalue weighted by atomic mass is 16.9. The Labute approximate surface area is 164 Å². The fourth-order valence-corrected chi connectivity index (χ4v) is 3.72. The van der Waals surface area contributed by atoms with Crippen molar-refractivity contribution in [3.63, 3.8) is 0 Å². The summed E-state index contributed by atoms with van der Waals surface area (Å²) in [5.41, 5.74) is 0. The van der Waals surface area contributed by atoms with Crippen LogP contribution in [-0.2, 0) is 14.2 Å². The van der Waals surface area contributed by atoms with Crippen LogP contribution in [0.2, 0.25) is 0 Å². The summed E-state index contributed by atoms with van der Waals surface area (Å²) in [7, 11) is 0. The monoisotopic (exact) mass is 373 g/mol. The minimum atomic E-state index is -0.938. The van der Waals surface area contributed by atoms with Crippen LogP contribution >= 0.6 is 0 Å². The van der Waals surface area contributed by atoms with Gasteiger partial charge in [-0.3, -0.25) is 4.90 Å². The average molecular weight is 374 g/mol. The lowest BCUT2D eigenvalue weighted by atomic mass is 10.0. The molecule has 0 fully saturated rings. The lowest BCUT2D eigenvalue weighted by Crippen LogP contribution is -2.58. The summed E-state index contributed by atoms with van der Waals surface area (Å²) in [5.74, 6) is -0.938. The second-order valence-corrected chi connectivity index (χ2v) is 7.01. The normalized spacial score (nSPS) is 13.5. The van der Waals surface area contributed by atoms with E-state index in [4.69, 9.17) is 14.2 Å². The van der Waals surface area contributed by atoms with Crippen LogP contribution < -0.4 is 0 Å². The van der Waals surface area contributed by atoms with E-state index in [-0.39, 0.29) is 6.04 Å². The van der Waals surface area contributed by atoms with Gasteiger partial charge in [0, 0.05) is 19.8 Å². The van der Waals surface area contributed by atoms with Crippen molar-refractivity contribution in [2.45, 2.75) is 111 Å². The van der Waals surface area contributed by atoms with E-state index in [1.165, 1.54) is 38.5 Å². The lowest BCUT2D eigenvalue weighted by Gasteiger charge is -2.44. The molecular weight excluding hydrogens is 326 g/mol. The summed E-state index contributed by atoms with van der Waals surface area (Å²) in [4.78, 5) is 2.53. The van der Waals surface area contributed by atoms with Crippen molar-refractivity contribution in [2.24, 2.45) is 0 Å². The first-order chi connectivity index (χ1) is 12.7. The van der Waals surface area contributed by atoms with Crippen LogP contribution in [0.1, 0.15) is 99.3 Å². The Balaban J connectivity index is 5.24. The maximum Gasteiger partial charge on any atom is 0.299 e. The van der Waals surface area contributed by atoms with Gasteiger partial charge in [0.2, 0.25) is 0 Å². The highest BCUT2D eigenvalue weighted by Gasteiger charge is 2.44. The van der Waals surface area contributed by atoms with Crippen LogP contribution in [0.15, 0.2) is 0 Å². The molecule has 0 bridgehead atoms. The third-order valence-corrected chi connectivity index (χ3v) is 4.74. The van der Waals surface area contributed by atoms with Crippen LogP contribution in [0.4, 0.5) is 0 Å². The molecule has 0 heterocycles. The molecular formula is C22H47NO3. The van der Waals surface area contributed by atoms with Gasteiger partial charge in [0.1, 0.15) is 0 Å². The van der Waals surface area contributed by atoms with Gasteiger partial charge in [-0.2, -0.15) is 0 Å². The first kappa shape index (κ1) is 25.8. The van der Waals surface area contributed by atoms with Crippen LogP contribution in [-0.4, -0.2) is 49.8 Å². The van der Waals surface area contributed by atoms with Crippen molar-refractivity contribution in [3.8, 4) is 0 Å². The van der Waals surface area contributed by atoms with Gasteiger partial charge in [-0.1, -0.05) is 59.3 Å². The average Bonchev–Trinajstić information content (AvgIpc) is 2.61. The van der Waals surface area contributed by atoms with Gasteiger partial charge in [0.15, 0.2) is 0 Å². The van der Waals surface area contributed by atoms with Crippen LogP contribution in [0.3, 0.4) is 0 Å². The smallest absolute Gasteiger partial charge is 0.299 e. The van der Waals surface area contributed by atoms with Crippen LogP contribution in [0.25, 0.3) is 0 Å². The minimum absolute atomic E-state index is 0.147. The maximum absolute atomic E-state index is 6.16. The van der Waals surface area contributed by atoms with Gasteiger partial charge in [0.05, 0.1) is 6.04 Å². The van der Waals surface area contributed by atoms with Crippen molar-refractivity contribution < 1.29 is 14.2 Å². The van der Waals surface area contributed by atoms with Gasteiger partial charge in [-0.05, 0) is 53.1 Å². The Bertz CT molecular complexity index is 276. The lowest BCUT2D eigenvalue weighted by molar-refractivity contribution is -0.401. The van der Waals surface area contributed by atoms with Gasteiger partial charge >= 0.3 is 0 Å². The Kier molecular flexibility index (Phi) is 16.9. The molecule has 0 radical (unpaired) electrons. The highest BCUT2D eigenvalue weighted by molar-refractivity contribution is 4.82. The van der Waals surface area contributed by atoms with Crippen LogP contribution in [0, 0.1) is 0 Å². The van der Waals surface area contributed by atoms with E-state index in [1.54, 1.807) is 0 Å². The standard InChI is InChI=1S/C22H47NO3/c1-7-13-14-15-16-17-18-21(23(19-8-2)20-9-3)22(24-10-4,25-11-5)26-12-6/h21H,7-20H2,1-6H3. The van der Waals surface area contributed by atoms with E-state index in [0.717, 1.165) is 32.4 Å². The summed E-state index contributed by atoms with van der Waals surface area (Å²) < 4.78 is 18.5. The maximum atomic E-state index is 6.16. The molecule has 0 spiro atoms. The highest BCUT2D eigenvalue weighted by Crippen LogP contribution is 2.30. The molecule has 0 N–H and O–H groups in total. The number of hydrogen-bond acceptors (Lipinski definition) is 4. The van der Waals surface area contributed by atoms with Crippen molar-refractivity contribution in [1.82, 2.24) is 4.90 Å². The molecule has 0 aromatic rings. The van der Waals surface area contributed by atoms with E-state index < -0.39 is 5.97 Å². The molecule has 4 heteroatoms. The summed E-state index contributed by atoms with van der Waals surface area (Å²) in [6, 6.07) is 0.147. The van der Waals surface area contributed by atoms with E-state index in [0.29, 0.717) is 19.8 Å². The fourth-order valence-electron chi connectivity index (χ4n) is 3.72. The SMILES string of the molecule is CCCCCCCCC(N(CCC)CCC)C(OCC)(OCC)OCC. The second-order valence-electron chi connectivity index (χ2n) is 7.01. The molecule has 0 aromatic carbocycles. The summed E-state index contributed by atoms with van der Waals surface area (Å²) in [6.45, 7) is 16.7. The largest absolute Gasteiger partial charge is 0.327 e. The summed E-state index contributed by atoms with van der Waals surface area (Å²) >= 11 is 0. The topological polar surface area (TPSA) is 30.9 Å². The Morgan fingerprint density at radius 3 is 1.50 bits per heavy atom. The molecule has 158 valence electrons. The minimum Gasteiger partial charge on any atom is -0.327 e. The first-order valence-corrected chi connectivity index (χ1v) is 11.3. The molecule has 0 saturated heterocycles. The number of rotatable bonds is 19. The van der Waals surface area contributed by atoms with Gasteiger partial charge in [-0.25, -0.2) is 0 Å². The zero-order valence-corrected chi connectivity index (χ0v) is 18.6. The van der Waals surface area contributed by atoms with E-state index >= 15 is 0 Å². The number of nitrogens with zero attached hydrogens (tertiary/aromatic N) is 1. The number of unbranched alkanes of at least 4 members (excludes halogenated alkanes) is 5.